The number of nitriles is 1. The summed E-state index contributed by atoms with van der Waals surface area (Å²) in [5.74, 6) is -2.32. The second-order valence-electron chi connectivity index (χ2n) is 8.89. The standard InChI is InChI=1S/C24H22F3N7O2/c1-14-17(2-3-19(25)18(14)9-28)23-11-32-4-5-33(10-16(32)12-36-23)24(35)7-15-6-21(27)22(8-20(15)26)34-13-29-30-31-34/h2-3,6,8,13,16,23H,4-5,7,10-12H2,1H3. The van der Waals surface area contributed by atoms with Gasteiger partial charge in [0.25, 0.3) is 0 Å². The Hall–Kier alpha value is -3.82. The molecule has 2 aliphatic rings. The lowest BCUT2D eigenvalue weighted by Gasteiger charge is -2.46. The monoisotopic (exact) mass is 497 g/mol. The highest BCUT2D eigenvalue weighted by atomic mass is 19.1. The Bertz CT molecular complexity index is 1340. The third-order valence-corrected chi connectivity index (χ3v) is 6.82. The van der Waals surface area contributed by atoms with Crippen molar-refractivity contribution in [2.75, 3.05) is 32.8 Å². The maximum absolute atomic E-state index is 14.6. The van der Waals surface area contributed by atoms with Crippen molar-refractivity contribution in [3.8, 4) is 11.8 Å². The molecule has 1 aromatic heterocycles. The van der Waals surface area contributed by atoms with Crippen molar-refractivity contribution in [1.29, 1.82) is 5.26 Å². The molecule has 2 unspecified atom stereocenters. The van der Waals surface area contributed by atoms with Gasteiger partial charge in [-0.05, 0) is 40.6 Å². The predicted molar refractivity (Wildman–Crippen MR) is 119 cm³/mol. The summed E-state index contributed by atoms with van der Waals surface area (Å²) >= 11 is 0. The second kappa shape index (κ2) is 9.67. The maximum atomic E-state index is 14.6. The number of nitrogens with zero attached hydrogens (tertiary/aromatic N) is 7. The van der Waals surface area contributed by atoms with Gasteiger partial charge in [0.05, 0.1) is 30.7 Å². The SMILES string of the molecule is Cc1c(C2CN3CCN(C(=O)Cc4cc(F)c(-n5cnnn5)cc4F)CC3CO2)ccc(F)c1C#N. The number of rotatable bonds is 4. The zero-order chi connectivity index (χ0) is 25.4. The molecule has 0 N–H and O–H groups in total. The van der Waals surface area contributed by atoms with Crippen LogP contribution in [0.15, 0.2) is 30.6 Å². The molecule has 2 aliphatic heterocycles. The fraction of sp³-hybridized carbons (Fsp3) is 0.375. The van der Waals surface area contributed by atoms with E-state index in [1.54, 1.807) is 17.9 Å². The van der Waals surface area contributed by atoms with Gasteiger partial charge in [0.1, 0.15) is 35.5 Å². The Labute approximate surface area is 204 Å². The molecule has 2 fully saturated rings. The van der Waals surface area contributed by atoms with Crippen LogP contribution in [0.25, 0.3) is 5.69 Å². The van der Waals surface area contributed by atoms with E-state index in [2.05, 4.69) is 20.4 Å². The number of piperazine rings is 1. The quantitative estimate of drug-likeness (QED) is 0.544. The summed E-state index contributed by atoms with van der Waals surface area (Å²) in [5, 5.41) is 19.6. The van der Waals surface area contributed by atoms with Crippen LogP contribution < -0.4 is 0 Å². The minimum atomic E-state index is -0.737. The van der Waals surface area contributed by atoms with Gasteiger partial charge < -0.3 is 9.64 Å². The first kappa shape index (κ1) is 23.9. The van der Waals surface area contributed by atoms with Gasteiger partial charge in [0.15, 0.2) is 0 Å². The Morgan fingerprint density at radius 3 is 2.75 bits per heavy atom. The van der Waals surface area contributed by atoms with Crippen LogP contribution in [0, 0.1) is 35.7 Å². The summed E-state index contributed by atoms with van der Waals surface area (Å²) in [6.07, 6.45) is 0.561. The van der Waals surface area contributed by atoms with Crippen LogP contribution in [-0.2, 0) is 16.0 Å². The first-order chi connectivity index (χ1) is 17.4. The number of fused-ring (bicyclic) bond motifs is 1. The van der Waals surface area contributed by atoms with E-state index in [1.165, 1.54) is 6.07 Å². The molecule has 186 valence electrons. The van der Waals surface area contributed by atoms with Crippen molar-refractivity contribution in [3.05, 3.63) is 70.3 Å². The van der Waals surface area contributed by atoms with Crippen molar-refractivity contribution in [3.63, 3.8) is 0 Å². The lowest BCUT2D eigenvalue weighted by atomic mass is 9.96. The fourth-order valence-electron chi connectivity index (χ4n) is 4.81. The summed E-state index contributed by atoms with van der Waals surface area (Å²) in [5.41, 5.74) is 1.16. The van der Waals surface area contributed by atoms with Gasteiger partial charge in [0.2, 0.25) is 5.91 Å². The predicted octanol–water partition coefficient (Wildman–Crippen LogP) is 2.09. The highest BCUT2D eigenvalue weighted by Crippen LogP contribution is 2.31. The Kier molecular flexibility index (Phi) is 6.42. The van der Waals surface area contributed by atoms with E-state index in [0.717, 1.165) is 28.7 Å². The summed E-state index contributed by atoms with van der Waals surface area (Å²) < 4.78 is 50.1. The molecule has 2 saturated heterocycles. The number of ether oxygens (including phenoxy) is 1. The minimum absolute atomic E-state index is 0.0169. The molecule has 3 heterocycles. The van der Waals surface area contributed by atoms with Crippen molar-refractivity contribution >= 4 is 5.91 Å². The zero-order valence-electron chi connectivity index (χ0n) is 19.4. The Morgan fingerprint density at radius 2 is 2.00 bits per heavy atom. The van der Waals surface area contributed by atoms with Crippen LogP contribution >= 0.6 is 0 Å². The third kappa shape index (κ3) is 4.43. The number of aromatic nitrogens is 4. The molecular formula is C24H22F3N7O2. The first-order valence-corrected chi connectivity index (χ1v) is 11.4. The van der Waals surface area contributed by atoms with E-state index in [-0.39, 0.29) is 41.3 Å². The molecule has 36 heavy (non-hydrogen) atoms. The van der Waals surface area contributed by atoms with Gasteiger partial charge in [-0.2, -0.15) is 9.94 Å². The first-order valence-electron chi connectivity index (χ1n) is 11.4. The van der Waals surface area contributed by atoms with Gasteiger partial charge in [-0.15, -0.1) is 5.10 Å². The van der Waals surface area contributed by atoms with Crippen LogP contribution in [0.4, 0.5) is 13.2 Å². The molecule has 0 radical (unpaired) electrons. The number of carbonyl (C=O) groups is 1. The van der Waals surface area contributed by atoms with E-state index >= 15 is 0 Å². The van der Waals surface area contributed by atoms with Gasteiger partial charge in [-0.25, -0.2) is 13.2 Å². The summed E-state index contributed by atoms with van der Waals surface area (Å²) in [6.45, 7) is 4.00. The van der Waals surface area contributed by atoms with Crippen molar-refractivity contribution in [1.82, 2.24) is 30.0 Å². The van der Waals surface area contributed by atoms with E-state index in [9.17, 15) is 23.2 Å². The number of carbonyl (C=O) groups excluding carboxylic acids is 1. The van der Waals surface area contributed by atoms with Gasteiger partial charge >= 0.3 is 0 Å². The Morgan fingerprint density at radius 1 is 1.17 bits per heavy atom. The Balaban J connectivity index is 1.23. The van der Waals surface area contributed by atoms with Crippen LogP contribution in [0.5, 0.6) is 0 Å². The van der Waals surface area contributed by atoms with Crippen molar-refractivity contribution in [2.24, 2.45) is 0 Å². The number of hydrogen-bond acceptors (Lipinski definition) is 7. The smallest absolute Gasteiger partial charge is 0.227 e. The largest absolute Gasteiger partial charge is 0.370 e. The number of morpholine rings is 1. The van der Waals surface area contributed by atoms with E-state index in [0.29, 0.717) is 38.3 Å². The zero-order valence-corrected chi connectivity index (χ0v) is 19.4. The number of tetrazole rings is 1. The molecule has 9 nitrogen and oxygen atoms in total. The fourth-order valence-corrected chi connectivity index (χ4v) is 4.81. The van der Waals surface area contributed by atoms with E-state index in [4.69, 9.17) is 4.74 Å². The number of amides is 1. The molecule has 0 aliphatic carbocycles. The molecule has 0 saturated carbocycles. The highest BCUT2D eigenvalue weighted by Gasteiger charge is 2.36. The van der Waals surface area contributed by atoms with Crippen LogP contribution in [0.1, 0.15) is 28.4 Å². The number of hydrogen-bond donors (Lipinski definition) is 0. The lowest BCUT2D eigenvalue weighted by Crippen LogP contribution is -2.59. The second-order valence-corrected chi connectivity index (χ2v) is 8.89. The molecule has 2 atom stereocenters. The van der Waals surface area contributed by atoms with Gasteiger partial charge in [0, 0.05) is 37.8 Å². The summed E-state index contributed by atoms with van der Waals surface area (Å²) in [6, 6.07) is 6.74. The molecular weight excluding hydrogens is 475 g/mol. The number of halogens is 3. The third-order valence-electron chi connectivity index (χ3n) is 6.82. The molecule has 5 rings (SSSR count). The van der Waals surface area contributed by atoms with Crippen LogP contribution in [0.3, 0.4) is 0 Å². The van der Waals surface area contributed by atoms with Gasteiger partial charge in [-0.1, -0.05) is 6.07 Å². The van der Waals surface area contributed by atoms with Crippen LogP contribution in [-0.4, -0.2) is 74.7 Å². The molecule has 12 heteroatoms. The van der Waals surface area contributed by atoms with Crippen LogP contribution in [0.2, 0.25) is 0 Å². The molecule has 3 aromatic rings. The summed E-state index contributed by atoms with van der Waals surface area (Å²) in [7, 11) is 0. The average Bonchev–Trinajstić information content (AvgIpc) is 3.40. The molecule has 2 aromatic carbocycles. The number of benzene rings is 2. The normalized spacial score (nSPS) is 20.1. The van der Waals surface area contributed by atoms with Gasteiger partial charge in [-0.3, -0.25) is 9.69 Å². The summed E-state index contributed by atoms with van der Waals surface area (Å²) in [4.78, 5) is 16.8. The minimum Gasteiger partial charge on any atom is -0.370 e. The maximum Gasteiger partial charge on any atom is 0.227 e. The van der Waals surface area contributed by atoms with E-state index < -0.39 is 17.5 Å². The molecule has 0 spiro atoms. The molecule has 0 bridgehead atoms. The van der Waals surface area contributed by atoms with Crippen molar-refractivity contribution < 1.29 is 22.7 Å². The highest BCUT2D eigenvalue weighted by molar-refractivity contribution is 5.79. The van der Waals surface area contributed by atoms with E-state index in [1.807, 2.05) is 6.07 Å². The topological polar surface area (TPSA) is 100 Å². The molecule has 1 amide bonds. The average molecular weight is 497 g/mol. The van der Waals surface area contributed by atoms with Crippen molar-refractivity contribution in [2.45, 2.75) is 25.5 Å². The lowest BCUT2D eigenvalue weighted by molar-refractivity contribution is -0.139.